The standard InChI is InChI=1S/C14H14ClN3OS/c15-11-4-2-1-3-9(11)7-8-12(19)16-14-18-17-13(20-14)10-5-6-10/h1-4,10H,5-8H2,(H,16,18,19). The summed E-state index contributed by atoms with van der Waals surface area (Å²) in [6.45, 7) is 0. The van der Waals surface area contributed by atoms with Crippen molar-refractivity contribution in [2.75, 3.05) is 5.32 Å². The molecule has 1 aromatic heterocycles. The molecule has 20 heavy (non-hydrogen) atoms. The van der Waals surface area contributed by atoms with Crippen molar-refractivity contribution in [2.24, 2.45) is 0 Å². The maximum Gasteiger partial charge on any atom is 0.226 e. The van der Waals surface area contributed by atoms with Crippen LogP contribution in [0.3, 0.4) is 0 Å². The summed E-state index contributed by atoms with van der Waals surface area (Å²) < 4.78 is 0. The summed E-state index contributed by atoms with van der Waals surface area (Å²) in [5.74, 6) is 0.518. The highest BCUT2D eigenvalue weighted by Crippen LogP contribution is 2.42. The van der Waals surface area contributed by atoms with Gasteiger partial charge in [0.25, 0.3) is 0 Å². The van der Waals surface area contributed by atoms with Crippen LogP contribution < -0.4 is 5.32 Å². The van der Waals surface area contributed by atoms with E-state index in [0.717, 1.165) is 10.6 Å². The highest BCUT2D eigenvalue weighted by atomic mass is 35.5. The fourth-order valence-electron chi connectivity index (χ4n) is 1.91. The molecule has 1 amide bonds. The molecule has 1 saturated carbocycles. The van der Waals surface area contributed by atoms with Gasteiger partial charge in [0.15, 0.2) is 0 Å². The van der Waals surface area contributed by atoms with E-state index in [4.69, 9.17) is 11.6 Å². The average molecular weight is 308 g/mol. The van der Waals surface area contributed by atoms with Crippen LogP contribution in [0.25, 0.3) is 0 Å². The molecule has 1 heterocycles. The van der Waals surface area contributed by atoms with E-state index in [0.29, 0.717) is 28.9 Å². The molecular weight excluding hydrogens is 294 g/mol. The number of halogens is 1. The zero-order chi connectivity index (χ0) is 13.9. The number of benzene rings is 1. The van der Waals surface area contributed by atoms with Crippen LogP contribution in [0.4, 0.5) is 5.13 Å². The van der Waals surface area contributed by atoms with Crippen LogP contribution >= 0.6 is 22.9 Å². The molecular formula is C14H14ClN3OS. The zero-order valence-corrected chi connectivity index (χ0v) is 12.4. The number of amides is 1. The minimum absolute atomic E-state index is 0.0524. The normalized spacial score (nSPS) is 14.2. The number of rotatable bonds is 5. The van der Waals surface area contributed by atoms with Crippen molar-refractivity contribution in [1.82, 2.24) is 10.2 Å². The monoisotopic (exact) mass is 307 g/mol. The molecule has 104 valence electrons. The van der Waals surface area contributed by atoms with Gasteiger partial charge in [0.05, 0.1) is 0 Å². The molecule has 1 aliphatic carbocycles. The average Bonchev–Trinajstić information content (AvgIpc) is 3.19. The van der Waals surface area contributed by atoms with Crippen molar-refractivity contribution in [3.63, 3.8) is 0 Å². The summed E-state index contributed by atoms with van der Waals surface area (Å²) in [6, 6.07) is 7.57. The lowest BCUT2D eigenvalue weighted by Crippen LogP contribution is -2.12. The van der Waals surface area contributed by atoms with Crippen LogP contribution in [0.15, 0.2) is 24.3 Å². The van der Waals surface area contributed by atoms with Crippen LogP contribution in [-0.4, -0.2) is 16.1 Å². The Kier molecular flexibility index (Phi) is 3.98. The van der Waals surface area contributed by atoms with Crippen molar-refractivity contribution in [1.29, 1.82) is 0 Å². The zero-order valence-electron chi connectivity index (χ0n) is 10.8. The Hall–Kier alpha value is -1.46. The first kappa shape index (κ1) is 13.5. The van der Waals surface area contributed by atoms with Gasteiger partial charge in [-0.1, -0.05) is 41.1 Å². The number of carbonyl (C=O) groups excluding carboxylic acids is 1. The second kappa shape index (κ2) is 5.89. The number of nitrogens with one attached hydrogen (secondary N) is 1. The molecule has 0 spiro atoms. The van der Waals surface area contributed by atoms with Crippen LogP contribution in [-0.2, 0) is 11.2 Å². The van der Waals surface area contributed by atoms with Crippen LogP contribution in [0, 0.1) is 0 Å². The van der Waals surface area contributed by atoms with Gasteiger partial charge in [0.2, 0.25) is 11.0 Å². The molecule has 0 aliphatic heterocycles. The Bertz CT molecular complexity index is 624. The molecule has 0 unspecified atom stereocenters. The fourth-order valence-corrected chi connectivity index (χ4v) is 3.07. The van der Waals surface area contributed by atoms with E-state index in [9.17, 15) is 4.79 Å². The smallest absolute Gasteiger partial charge is 0.226 e. The Morgan fingerprint density at radius 2 is 2.15 bits per heavy atom. The minimum atomic E-state index is -0.0524. The number of aryl methyl sites for hydroxylation is 1. The second-order valence-electron chi connectivity index (χ2n) is 4.86. The van der Waals surface area contributed by atoms with Crippen molar-refractivity contribution in [2.45, 2.75) is 31.6 Å². The molecule has 3 rings (SSSR count). The molecule has 1 aliphatic rings. The quantitative estimate of drug-likeness (QED) is 0.917. The number of hydrogen-bond donors (Lipinski definition) is 1. The van der Waals surface area contributed by atoms with Crippen molar-refractivity contribution in [3.05, 3.63) is 39.9 Å². The Balaban J connectivity index is 1.52. The number of aromatic nitrogens is 2. The van der Waals surface area contributed by atoms with E-state index in [1.165, 1.54) is 24.2 Å². The fraction of sp³-hybridized carbons (Fsp3) is 0.357. The molecule has 1 N–H and O–H groups in total. The van der Waals surface area contributed by atoms with Crippen LogP contribution in [0.2, 0.25) is 5.02 Å². The molecule has 4 nitrogen and oxygen atoms in total. The summed E-state index contributed by atoms with van der Waals surface area (Å²) in [5.41, 5.74) is 0.986. The van der Waals surface area contributed by atoms with Gasteiger partial charge in [0.1, 0.15) is 5.01 Å². The van der Waals surface area contributed by atoms with Crippen molar-refractivity contribution < 1.29 is 4.79 Å². The van der Waals surface area contributed by atoms with Gasteiger partial charge in [-0.3, -0.25) is 4.79 Å². The Morgan fingerprint density at radius 3 is 2.90 bits per heavy atom. The van der Waals surface area contributed by atoms with E-state index in [-0.39, 0.29) is 5.91 Å². The third-order valence-corrected chi connectivity index (χ3v) is 4.56. The summed E-state index contributed by atoms with van der Waals surface area (Å²) >= 11 is 7.54. The maximum atomic E-state index is 11.9. The second-order valence-corrected chi connectivity index (χ2v) is 6.28. The number of anilines is 1. The Morgan fingerprint density at radius 1 is 1.35 bits per heavy atom. The van der Waals surface area contributed by atoms with Gasteiger partial charge in [-0.05, 0) is 30.9 Å². The van der Waals surface area contributed by atoms with Gasteiger partial charge in [-0.2, -0.15) is 0 Å². The topological polar surface area (TPSA) is 54.9 Å². The first-order chi connectivity index (χ1) is 9.72. The van der Waals surface area contributed by atoms with Crippen LogP contribution in [0.5, 0.6) is 0 Å². The summed E-state index contributed by atoms with van der Waals surface area (Å²) in [6.07, 6.45) is 3.39. The predicted molar refractivity (Wildman–Crippen MR) is 80.3 cm³/mol. The first-order valence-corrected chi connectivity index (χ1v) is 7.78. The van der Waals surface area contributed by atoms with Gasteiger partial charge in [0, 0.05) is 17.4 Å². The summed E-state index contributed by atoms with van der Waals surface area (Å²) in [7, 11) is 0. The molecule has 1 aromatic carbocycles. The third kappa shape index (κ3) is 3.35. The number of carbonyl (C=O) groups is 1. The molecule has 0 saturated heterocycles. The van der Waals surface area contributed by atoms with Crippen LogP contribution in [0.1, 0.15) is 35.8 Å². The number of hydrogen-bond acceptors (Lipinski definition) is 4. The lowest BCUT2D eigenvalue weighted by Gasteiger charge is -2.03. The Labute approximate surface area is 126 Å². The highest BCUT2D eigenvalue weighted by Gasteiger charge is 2.27. The van der Waals surface area contributed by atoms with Crippen molar-refractivity contribution in [3.8, 4) is 0 Å². The van der Waals surface area contributed by atoms with E-state index in [1.807, 2.05) is 24.3 Å². The molecule has 0 atom stereocenters. The highest BCUT2D eigenvalue weighted by molar-refractivity contribution is 7.15. The molecule has 0 radical (unpaired) electrons. The van der Waals surface area contributed by atoms with Gasteiger partial charge in [-0.25, -0.2) is 0 Å². The van der Waals surface area contributed by atoms with E-state index >= 15 is 0 Å². The van der Waals surface area contributed by atoms with Crippen molar-refractivity contribution >= 4 is 34.0 Å². The maximum absolute atomic E-state index is 11.9. The van der Waals surface area contributed by atoms with E-state index in [2.05, 4.69) is 15.5 Å². The molecule has 1 fully saturated rings. The predicted octanol–water partition coefficient (Wildman–Crippen LogP) is 3.64. The van der Waals surface area contributed by atoms with E-state index < -0.39 is 0 Å². The molecule has 2 aromatic rings. The van der Waals surface area contributed by atoms with E-state index in [1.54, 1.807) is 0 Å². The lowest BCUT2D eigenvalue weighted by molar-refractivity contribution is -0.116. The SMILES string of the molecule is O=C(CCc1ccccc1Cl)Nc1nnc(C2CC2)s1. The summed E-state index contributed by atoms with van der Waals surface area (Å²) in [5, 5.41) is 13.2. The molecule has 0 bridgehead atoms. The first-order valence-electron chi connectivity index (χ1n) is 6.59. The van der Waals surface area contributed by atoms with Gasteiger partial charge < -0.3 is 5.32 Å². The lowest BCUT2D eigenvalue weighted by atomic mass is 10.1. The minimum Gasteiger partial charge on any atom is -0.301 e. The molecule has 6 heteroatoms. The van der Waals surface area contributed by atoms with Gasteiger partial charge >= 0.3 is 0 Å². The summed E-state index contributed by atoms with van der Waals surface area (Å²) in [4.78, 5) is 11.9. The third-order valence-electron chi connectivity index (χ3n) is 3.19. The van der Waals surface area contributed by atoms with Gasteiger partial charge in [-0.15, -0.1) is 10.2 Å². The largest absolute Gasteiger partial charge is 0.301 e. The number of nitrogens with zero attached hydrogens (tertiary/aromatic N) is 2.